The first-order valence-corrected chi connectivity index (χ1v) is 11.0. The maximum atomic E-state index is 13.0. The zero-order valence-electron chi connectivity index (χ0n) is 19.2. The van der Waals surface area contributed by atoms with Crippen molar-refractivity contribution in [2.75, 3.05) is 0 Å². The van der Waals surface area contributed by atoms with Gasteiger partial charge in [0.2, 0.25) is 12.7 Å². The van der Waals surface area contributed by atoms with E-state index in [2.05, 4.69) is 0 Å². The van der Waals surface area contributed by atoms with Crippen LogP contribution < -0.4 is 9.13 Å². The largest absolute Gasteiger partial charge is 0.450 e. The average Bonchev–Trinajstić information content (AvgIpc) is 3.46. The molecule has 0 aliphatic heterocycles. The lowest BCUT2D eigenvalue weighted by molar-refractivity contribution is -0.671. The number of imidazole rings is 2. The molecule has 0 saturated heterocycles. The molecule has 0 fully saturated rings. The Bertz CT molecular complexity index is 1140. The third-order valence-electron chi connectivity index (χ3n) is 5.38. The van der Waals surface area contributed by atoms with Crippen LogP contribution in [0.4, 0.5) is 0 Å². The monoisotopic (exact) mass is 460 g/mol. The van der Waals surface area contributed by atoms with Crippen molar-refractivity contribution < 1.29 is 28.2 Å². The predicted molar refractivity (Wildman–Crippen MR) is 123 cm³/mol. The standard InChI is InChI=1S/C26H28N4O4/c1-27-13-15-29(19-27)17-23(33-25(31)21-9-5-3-6-10-21)24(18-30-16-14-28(2)20-30)34-26(32)22-11-7-4-8-12-22/h3-16,19-20,23-24H,17-18H2,1-2H3/q+2/t23-,24-/m0/s1. The summed E-state index contributed by atoms with van der Waals surface area (Å²) in [7, 11) is 3.82. The van der Waals surface area contributed by atoms with E-state index in [0.717, 1.165) is 0 Å². The van der Waals surface area contributed by atoms with Gasteiger partial charge in [-0.25, -0.2) is 27.9 Å². The number of carbonyl (C=O) groups excluding carboxylic acids is 2. The number of rotatable bonds is 9. The molecule has 2 heterocycles. The van der Waals surface area contributed by atoms with E-state index < -0.39 is 24.1 Å². The number of hydrogen-bond acceptors (Lipinski definition) is 4. The summed E-state index contributed by atoms with van der Waals surface area (Å²) in [5, 5.41) is 0. The summed E-state index contributed by atoms with van der Waals surface area (Å²) < 4.78 is 19.5. The van der Waals surface area contributed by atoms with Gasteiger partial charge < -0.3 is 9.47 Å². The molecule has 0 N–H and O–H groups in total. The van der Waals surface area contributed by atoms with Gasteiger partial charge >= 0.3 is 11.9 Å². The van der Waals surface area contributed by atoms with Crippen molar-refractivity contribution in [3.63, 3.8) is 0 Å². The molecule has 2 aromatic heterocycles. The van der Waals surface area contributed by atoms with E-state index in [1.54, 1.807) is 48.5 Å². The minimum atomic E-state index is -0.736. The third kappa shape index (κ3) is 5.98. The Kier molecular flexibility index (Phi) is 7.17. The summed E-state index contributed by atoms with van der Waals surface area (Å²) in [5.74, 6) is -0.943. The molecule has 0 amide bonds. The Balaban J connectivity index is 1.64. The van der Waals surface area contributed by atoms with Crippen LogP contribution in [0, 0.1) is 0 Å². The average molecular weight is 461 g/mol. The predicted octanol–water partition coefficient (Wildman–Crippen LogP) is 2.09. The smallest absolute Gasteiger partial charge is 0.338 e. The maximum Gasteiger partial charge on any atom is 0.338 e. The molecule has 2 atom stereocenters. The molecule has 0 bridgehead atoms. The first kappa shape index (κ1) is 23.0. The second-order valence-electron chi connectivity index (χ2n) is 8.17. The highest BCUT2D eigenvalue weighted by Crippen LogP contribution is 2.16. The van der Waals surface area contributed by atoms with Crippen molar-refractivity contribution in [3.05, 3.63) is 109 Å². The number of hydrogen-bond donors (Lipinski definition) is 0. The Hall–Kier alpha value is -4.20. The maximum absolute atomic E-state index is 13.0. The number of carbonyl (C=O) groups is 2. The number of esters is 2. The van der Waals surface area contributed by atoms with Gasteiger partial charge in [-0.3, -0.25) is 0 Å². The second-order valence-corrected chi connectivity index (χ2v) is 8.17. The Morgan fingerprint density at radius 3 is 1.41 bits per heavy atom. The fourth-order valence-corrected chi connectivity index (χ4v) is 3.66. The van der Waals surface area contributed by atoms with Crippen LogP contribution in [0.3, 0.4) is 0 Å². The summed E-state index contributed by atoms with van der Waals surface area (Å²) in [6.07, 6.45) is 9.86. The van der Waals surface area contributed by atoms with E-state index in [1.807, 2.05) is 81.9 Å². The third-order valence-corrected chi connectivity index (χ3v) is 5.38. The molecule has 0 unspecified atom stereocenters. The van der Waals surface area contributed by atoms with Crippen LogP contribution in [0.5, 0.6) is 0 Å². The zero-order chi connectivity index (χ0) is 23.9. The molecule has 0 aliphatic rings. The van der Waals surface area contributed by atoms with Gasteiger partial charge in [0.05, 0.1) is 25.2 Å². The lowest BCUT2D eigenvalue weighted by atomic mass is 10.1. The topological polar surface area (TPSA) is 70.2 Å². The number of ether oxygens (including phenoxy) is 2. The number of nitrogens with zero attached hydrogens (tertiary/aromatic N) is 4. The number of aryl methyl sites for hydroxylation is 2. The molecule has 0 saturated carbocycles. The van der Waals surface area contributed by atoms with E-state index in [9.17, 15) is 9.59 Å². The molecule has 0 aliphatic carbocycles. The van der Waals surface area contributed by atoms with Gasteiger partial charge in [-0.05, 0) is 24.3 Å². The molecule has 8 heteroatoms. The summed E-state index contributed by atoms with van der Waals surface area (Å²) in [5.41, 5.74) is 0.872. The van der Waals surface area contributed by atoms with E-state index in [0.29, 0.717) is 24.2 Å². The summed E-state index contributed by atoms with van der Waals surface area (Å²) in [4.78, 5) is 26.0. The van der Waals surface area contributed by atoms with Crippen molar-refractivity contribution >= 4 is 11.9 Å². The Morgan fingerprint density at radius 2 is 1.09 bits per heavy atom. The Labute approximate surface area is 198 Å². The van der Waals surface area contributed by atoms with Gasteiger partial charge in [0.1, 0.15) is 37.9 Å². The lowest BCUT2D eigenvalue weighted by Crippen LogP contribution is -2.41. The lowest BCUT2D eigenvalue weighted by Gasteiger charge is -2.25. The van der Waals surface area contributed by atoms with E-state index in [4.69, 9.17) is 9.47 Å². The Morgan fingerprint density at radius 1 is 0.706 bits per heavy atom. The quantitative estimate of drug-likeness (QED) is 0.283. The van der Waals surface area contributed by atoms with Gasteiger partial charge in [0.25, 0.3) is 0 Å². The minimum absolute atomic E-state index is 0.319. The van der Waals surface area contributed by atoms with Crippen molar-refractivity contribution in [3.8, 4) is 0 Å². The fourth-order valence-electron chi connectivity index (χ4n) is 3.66. The minimum Gasteiger partial charge on any atom is -0.450 e. The first-order valence-electron chi connectivity index (χ1n) is 11.0. The van der Waals surface area contributed by atoms with Gasteiger partial charge in [0, 0.05) is 0 Å². The van der Waals surface area contributed by atoms with Crippen molar-refractivity contribution in [2.45, 2.75) is 25.3 Å². The van der Waals surface area contributed by atoms with E-state index in [1.165, 1.54) is 0 Å². The van der Waals surface area contributed by atoms with Gasteiger partial charge in [-0.2, -0.15) is 0 Å². The van der Waals surface area contributed by atoms with Crippen molar-refractivity contribution in [2.24, 2.45) is 14.1 Å². The summed E-state index contributed by atoms with van der Waals surface area (Å²) in [6.45, 7) is 0.638. The molecule has 8 nitrogen and oxygen atoms in total. The van der Waals surface area contributed by atoms with E-state index in [-0.39, 0.29) is 0 Å². The zero-order valence-corrected chi connectivity index (χ0v) is 19.2. The van der Waals surface area contributed by atoms with Crippen LogP contribution in [-0.2, 0) is 36.7 Å². The van der Waals surface area contributed by atoms with Crippen LogP contribution in [0.1, 0.15) is 20.7 Å². The highest BCUT2D eigenvalue weighted by Gasteiger charge is 2.34. The molecule has 4 aromatic rings. The highest BCUT2D eigenvalue weighted by atomic mass is 16.6. The first-order chi connectivity index (χ1) is 16.5. The van der Waals surface area contributed by atoms with Crippen LogP contribution in [0.2, 0.25) is 0 Å². The van der Waals surface area contributed by atoms with Crippen LogP contribution in [0.25, 0.3) is 0 Å². The molecule has 4 rings (SSSR count). The molecular formula is C26H28N4O4+2. The van der Waals surface area contributed by atoms with Crippen LogP contribution >= 0.6 is 0 Å². The SMILES string of the molecule is C[n+]1ccn(C[C@H](OC(=O)c2ccccc2)[C@H](Cn2cc[n+](C)c2)OC(=O)c2ccccc2)c1. The molecule has 34 heavy (non-hydrogen) atoms. The van der Waals surface area contributed by atoms with Gasteiger partial charge in [-0.1, -0.05) is 36.4 Å². The molecule has 0 radical (unpaired) electrons. The van der Waals surface area contributed by atoms with Crippen molar-refractivity contribution in [1.29, 1.82) is 0 Å². The normalized spacial score (nSPS) is 12.6. The van der Waals surface area contributed by atoms with Gasteiger partial charge in [-0.15, -0.1) is 0 Å². The molecule has 2 aromatic carbocycles. The number of benzene rings is 2. The van der Waals surface area contributed by atoms with Gasteiger partial charge in [0.15, 0.2) is 12.2 Å². The van der Waals surface area contributed by atoms with E-state index >= 15 is 0 Å². The van der Waals surface area contributed by atoms with Crippen molar-refractivity contribution in [1.82, 2.24) is 9.13 Å². The molecule has 174 valence electrons. The second kappa shape index (κ2) is 10.6. The summed E-state index contributed by atoms with van der Waals surface area (Å²) in [6, 6.07) is 17.6. The number of aromatic nitrogens is 4. The highest BCUT2D eigenvalue weighted by molar-refractivity contribution is 5.90. The molecule has 0 spiro atoms. The molecular weight excluding hydrogens is 432 g/mol. The summed E-state index contributed by atoms with van der Waals surface area (Å²) >= 11 is 0. The van der Waals surface area contributed by atoms with Crippen LogP contribution in [-0.4, -0.2) is 33.3 Å². The van der Waals surface area contributed by atoms with Crippen LogP contribution in [0.15, 0.2) is 98.1 Å². The fraction of sp³-hybridized carbons (Fsp3) is 0.231.